The number of rotatable bonds is 5. The van der Waals surface area contributed by atoms with E-state index >= 15 is 0 Å². The number of benzene rings is 2. The van der Waals surface area contributed by atoms with Crippen molar-refractivity contribution in [2.75, 3.05) is 10.6 Å². The molecule has 0 atom stereocenters. The molecule has 4 aromatic rings. The Balaban J connectivity index is 1.41. The molecule has 0 aliphatic carbocycles. The minimum atomic E-state index is -4.64. The quantitative estimate of drug-likeness (QED) is 0.290. The minimum absolute atomic E-state index is 0.0593. The number of ether oxygens (including phenoxy) is 1. The van der Waals surface area contributed by atoms with Crippen LogP contribution in [0.4, 0.5) is 29.3 Å². The maximum absolute atomic E-state index is 13.0. The lowest BCUT2D eigenvalue weighted by atomic mass is 10.2. The summed E-state index contributed by atoms with van der Waals surface area (Å²) in [5, 5.41) is 8.84. The van der Waals surface area contributed by atoms with E-state index in [0.717, 1.165) is 17.7 Å². The lowest BCUT2D eigenvalue weighted by molar-refractivity contribution is -0.137. The first-order chi connectivity index (χ1) is 16.6. The molecule has 0 aliphatic heterocycles. The third kappa shape index (κ3) is 6.03. The van der Waals surface area contributed by atoms with E-state index in [0.29, 0.717) is 27.9 Å². The standard InChI is InChI=1S/C23H16Cl2F3N5O2/c1-33-12-13(10-30-33)20-9-21(19(25)11-29-20)35-16-5-2-14(3-6-16)31-22(34)32-15-4-7-18(24)17(8-15)23(26,27)28/h2-12H,1H3,(H2,31,32,34). The number of carbonyl (C=O) groups excluding carboxylic acids is 1. The number of carbonyl (C=O) groups is 1. The zero-order valence-corrected chi connectivity index (χ0v) is 19.4. The molecule has 0 radical (unpaired) electrons. The molecule has 2 aromatic carbocycles. The van der Waals surface area contributed by atoms with Crippen molar-refractivity contribution < 1.29 is 22.7 Å². The van der Waals surface area contributed by atoms with E-state index in [2.05, 4.69) is 20.7 Å². The van der Waals surface area contributed by atoms with Crippen molar-refractivity contribution in [2.24, 2.45) is 7.05 Å². The molecule has 2 amide bonds. The molecular formula is C23H16Cl2F3N5O2. The summed E-state index contributed by atoms with van der Waals surface area (Å²) < 4.78 is 46.5. The van der Waals surface area contributed by atoms with Crippen LogP contribution >= 0.6 is 23.2 Å². The Morgan fingerprint density at radius 3 is 2.31 bits per heavy atom. The van der Waals surface area contributed by atoms with Gasteiger partial charge in [0.05, 0.1) is 22.5 Å². The molecule has 35 heavy (non-hydrogen) atoms. The van der Waals surface area contributed by atoms with Crippen molar-refractivity contribution >= 4 is 40.6 Å². The van der Waals surface area contributed by atoms with Gasteiger partial charge in [0.2, 0.25) is 0 Å². The average molecular weight is 522 g/mol. The Morgan fingerprint density at radius 1 is 0.971 bits per heavy atom. The number of nitrogens with zero attached hydrogens (tertiary/aromatic N) is 3. The first kappa shape index (κ1) is 24.4. The lowest BCUT2D eigenvalue weighted by Gasteiger charge is -2.13. The second-order valence-corrected chi connectivity index (χ2v) is 8.11. The van der Waals surface area contributed by atoms with Gasteiger partial charge in [0, 0.05) is 42.4 Å². The van der Waals surface area contributed by atoms with E-state index in [4.69, 9.17) is 27.9 Å². The van der Waals surface area contributed by atoms with Crippen LogP contribution in [0.2, 0.25) is 10.0 Å². The van der Waals surface area contributed by atoms with Gasteiger partial charge < -0.3 is 15.4 Å². The van der Waals surface area contributed by atoms with Crippen LogP contribution in [0.15, 0.2) is 67.1 Å². The largest absolute Gasteiger partial charge is 0.456 e. The Morgan fingerprint density at radius 2 is 1.66 bits per heavy atom. The van der Waals surface area contributed by atoms with Crippen molar-refractivity contribution in [1.29, 1.82) is 0 Å². The molecule has 0 aliphatic rings. The maximum Gasteiger partial charge on any atom is 0.417 e. The summed E-state index contributed by atoms with van der Waals surface area (Å²) in [6.45, 7) is 0. The molecule has 7 nitrogen and oxygen atoms in total. The monoisotopic (exact) mass is 521 g/mol. The van der Waals surface area contributed by atoms with Gasteiger partial charge in [-0.15, -0.1) is 0 Å². The minimum Gasteiger partial charge on any atom is -0.456 e. The van der Waals surface area contributed by atoms with E-state index in [1.165, 1.54) is 12.3 Å². The molecule has 0 unspecified atom stereocenters. The van der Waals surface area contributed by atoms with Crippen LogP contribution in [0.3, 0.4) is 0 Å². The maximum atomic E-state index is 13.0. The second kappa shape index (κ2) is 9.85. The van der Waals surface area contributed by atoms with Crippen LogP contribution in [0.25, 0.3) is 11.3 Å². The lowest BCUT2D eigenvalue weighted by Crippen LogP contribution is -2.19. The first-order valence-electron chi connectivity index (χ1n) is 9.96. The summed E-state index contributed by atoms with van der Waals surface area (Å²) >= 11 is 11.8. The number of urea groups is 1. The number of hydrogen-bond donors (Lipinski definition) is 2. The van der Waals surface area contributed by atoms with Gasteiger partial charge in [-0.25, -0.2) is 4.79 Å². The Kier molecular flexibility index (Phi) is 6.86. The predicted octanol–water partition coefficient (Wildman–Crippen LogP) is 7.24. The molecule has 2 heterocycles. The summed E-state index contributed by atoms with van der Waals surface area (Å²) in [4.78, 5) is 16.5. The fraction of sp³-hybridized carbons (Fsp3) is 0.0870. The normalized spacial score (nSPS) is 11.3. The van der Waals surface area contributed by atoms with Crippen molar-refractivity contribution in [3.63, 3.8) is 0 Å². The van der Waals surface area contributed by atoms with Crippen molar-refractivity contribution in [3.8, 4) is 22.8 Å². The molecule has 0 spiro atoms. The molecule has 0 fully saturated rings. The van der Waals surface area contributed by atoms with Crippen LogP contribution in [0.5, 0.6) is 11.5 Å². The number of amides is 2. The third-order valence-corrected chi connectivity index (χ3v) is 5.30. The van der Waals surface area contributed by atoms with Crippen molar-refractivity contribution in [2.45, 2.75) is 6.18 Å². The first-order valence-corrected chi connectivity index (χ1v) is 10.7. The fourth-order valence-corrected chi connectivity index (χ4v) is 3.42. The fourth-order valence-electron chi connectivity index (χ4n) is 3.06. The highest BCUT2D eigenvalue weighted by molar-refractivity contribution is 6.32. The number of aromatic nitrogens is 3. The van der Waals surface area contributed by atoms with E-state index in [9.17, 15) is 18.0 Å². The number of nitrogens with one attached hydrogen (secondary N) is 2. The third-order valence-electron chi connectivity index (χ3n) is 4.69. The van der Waals surface area contributed by atoms with E-state index < -0.39 is 22.8 Å². The van der Waals surface area contributed by atoms with Crippen molar-refractivity contribution in [1.82, 2.24) is 14.8 Å². The van der Waals surface area contributed by atoms with Gasteiger partial charge in [0.1, 0.15) is 16.5 Å². The number of hydrogen-bond acceptors (Lipinski definition) is 4. The zero-order chi connectivity index (χ0) is 25.2. The average Bonchev–Trinajstić information content (AvgIpc) is 3.23. The molecule has 0 bridgehead atoms. The molecule has 12 heteroatoms. The number of aryl methyl sites for hydroxylation is 1. The molecule has 4 rings (SSSR count). The predicted molar refractivity (Wildman–Crippen MR) is 127 cm³/mol. The number of alkyl halides is 3. The summed E-state index contributed by atoms with van der Waals surface area (Å²) in [6.07, 6.45) is 0.303. The highest BCUT2D eigenvalue weighted by Crippen LogP contribution is 2.36. The van der Waals surface area contributed by atoms with Crippen LogP contribution in [0.1, 0.15) is 5.56 Å². The van der Waals surface area contributed by atoms with Gasteiger partial charge >= 0.3 is 12.2 Å². The second-order valence-electron chi connectivity index (χ2n) is 7.30. The topological polar surface area (TPSA) is 81.1 Å². The van der Waals surface area contributed by atoms with Gasteiger partial charge in [-0.05, 0) is 42.5 Å². The summed E-state index contributed by atoms with van der Waals surface area (Å²) in [5.41, 5.74) is 0.707. The van der Waals surface area contributed by atoms with E-state index in [-0.39, 0.29) is 5.69 Å². The highest BCUT2D eigenvalue weighted by atomic mass is 35.5. The number of anilines is 2. The number of pyridine rings is 1. The van der Waals surface area contributed by atoms with Crippen LogP contribution in [-0.4, -0.2) is 20.8 Å². The van der Waals surface area contributed by atoms with E-state index in [1.54, 1.807) is 54.5 Å². The summed E-state index contributed by atoms with van der Waals surface area (Å²) in [5.74, 6) is 0.816. The van der Waals surface area contributed by atoms with Gasteiger partial charge in [-0.1, -0.05) is 23.2 Å². The van der Waals surface area contributed by atoms with Gasteiger partial charge in [0.25, 0.3) is 0 Å². The smallest absolute Gasteiger partial charge is 0.417 e. The van der Waals surface area contributed by atoms with Crippen LogP contribution < -0.4 is 15.4 Å². The Labute approximate surface area is 207 Å². The summed E-state index contributed by atoms with van der Waals surface area (Å²) in [7, 11) is 1.79. The zero-order valence-electron chi connectivity index (χ0n) is 17.9. The van der Waals surface area contributed by atoms with Crippen LogP contribution in [-0.2, 0) is 13.2 Å². The Hall–Kier alpha value is -3.76. The molecule has 0 saturated carbocycles. The molecule has 2 N–H and O–H groups in total. The molecule has 2 aromatic heterocycles. The van der Waals surface area contributed by atoms with Crippen LogP contribution in [0, 0.1) is 0 Å². The summed E-state index contributed by atoms with van der Waals surface area (Å²) in [6, 6.07) is 10.4. The number of halogens is 5. The van der Waals surface area contributed by atoms with E-state index in [1.807, 2.05) is 0 Å². The SMILES string of the molecule is Cn1cc(-c2cc(Oc3ccc(NC(=O)Nc4ccc(Cl)c(C(F)(F)F)c4)cc3)c(Cl)cn2)cn1. The molecule has 180 valence electrons. The Bertz CT molecular complexity index is 1370. The van der Waals surface area contributed by atoms with Crippen molar-refractivity contribution in [3.05, 3.63) is 82.7 Å². The highest BCUT2D eigenvalue weighted by Gasteiger charge is 2.33. The van der Waals surface area contributed by atoms with Gasteiger partial charge in [-0.2, -0.15) is 18.3 Å². The molecule has 0 saturated heterocycles. The van der Waals surface area contributed by atoms with Gasteiger partial charge in [0.15, 0.2) is 0 Å². The molecular weight excluding hydrogens is 506 g/mol. The van der Waals surface area contributed by atoms with Gasteiger partial charge in [-0.3, -0.25) is 9.67 Å².